The summed E-state index contributed by atoms with van der Waals surface area (Å²) in [7, 11) is 0. The minimum absolute atomic E-state index is 0.589. The number of allylic oxidation sites excluding steroid dienone is 4. The summed E-state index contributed by atoms with van der Waals surface area (Å²) in [5.41, 5.74) is 0. The van der Waals surface area contributed by atoms with E-state index in [-0.39, 0.29) is 0 Å². The molecule has 0 aromatic rings. The topological polar surface area (TPSA) is 0 Å². The van der Waals surface area contributed by atoms with Crippen molar-refractivity contribution in [3.05, 3.63) is 24.3 Å². The Bertz CT molecular complexity index is 175. The van der Waals surface area contributed by atoms with Gasteiger partial charge in [-0.25, -0.2) is 0 Å². The van der Waals surface area contributed by atoms with Gasteiger partial charge < -0.3 is 0 Å². The van der Waals surface area contributed by atoms with Crippen LogP contribution in [-0.2, 0) is 21.8 Å². The number of rotatable bonds is 4. The molecule has 0 heterocycles. The first-order chi connectivity index (χ1) is 5.79. The Hall–Kier alpha value is 0.363. The molecule has 0 aliphatic heterocycles. The molecule has 0 nitrogen and oxygen atoms in total. The van der Waals surface area contributed by atoms with E-state index in [0.29, 0.717) is 3.12 Å². The Kier molecular flexibility index (Phi) is 3.97. The SMILES string of the molecule is C[CH2][Zr]([CH2]C)[C]1(CC)C=CC=C1. The van der Waals surface area contributed by atoms with Gasteiger partial charge in [-0.05, 0) is 0 Å². The second-order valence-electron chi connectivity index (χ2n) is 3.42. The van der Waals surface area contributed by atoms with Crippen molar-refractivity contribution in [2.45, 2.75) is 38.6 Å². The fourth-order valence-corrected chi connectivity index (χ4v) is 9.47. The normalized spacial score (nSPS) is 18.6. The van der Waals surface area contributed by atoms with Crippen molar-refractivity contribution in [2.75, 3.05) is 0 Å². The fourth-order valence-electron chi connectivity index (χ4n) is 2.14. The van der Waals surface area contributed by atoms with E-state index in [0.717, 1.165) is 0 Å². The Labute approximate surface area is 84.4 Å². The molecule has 0 atom stereocenters. The predicted molar refractivity (Wildman–Crippen MR) is 52.2 cm³/mol. The van der Waals surface area contributed by atoms with E-state index in [1.165, 1.54) is 14.7 Å². The zero-order chi connectivity index (χ0) is 9.03. The van der Waals surface area contributed by atoms with Crippen molar-refractivity contribution in [1.82, 2.24) is 0 Å². The molecular weight excluding hydrogens is 223 g/mol. The van der Waals surface area contributed by atoms with Crippen LogP contribution >= 0.6 is 0 Å². The van der Waals surface area contributed by atoms with Gasteiger partial charge in [0, 0.05) is 0 Å². The quantitative estimate of drug-likeness (QED) is 0.694. The zero-order valence-electron chi connectivity index (χ0n) is 8.43. The van der Waals surface area contributed by atoms with Gasteiger partial charge in [0.15, 0.2) is 0 Å². The van der Waals surface area contributed by atoms with E-state index in [1.807, 2.05) is 0 Å². The summed E-state index contributed by atoms with van der Waals surface area (Å²) >= 11 is -1.13. The Morgan fingerprint density at radius 2 is 1.50 bits per heavy atom. The van der Waals surface area contributed by atoms with Crippen LogP contribution in [0.5, 0.6) is 0 Å². The first kappa shape index (κ1) is 10.4. The molecule has 1 rings (SSSR count). The molecule has 0 radical (unpaired) electrons. The average molecular weight is 242 g/mol. The van der Waals surface area contributed by atoms with Gasteiger partial charge in [-0.1, -0.05) is 0 Å². The zero-order valence-corrected chi connectivity index (χ0v) is 10.9. The van der Waals surface area contributed by atoms with Crippen molar-refractivity contribution in [1.29, 1.82) is 0 Å². The van der Waals surface area contributed by atoms with Gasteiger partial charge in [0.25, 0.3) is 0 Å². The Balaban J connectivity index is 2.78. The van der Waals surface area contributed by atoms with Crippen molar-refractivity contribution in [3.8, 4) is 0 Å². The third-order valence-electron chi connectivity index (χ3n) is 3.00. The molecule has 0 unspecified atom stereocenters. The summed E-state index contributed by atoms with van der Waals surface area (Å²) in [6.07, 6.45) is 10.8. The van der Waals surface area contributed by atoms with Crippen LogP contribution < -0.4 is 0 Å². The van der Waals surface area contributed by atoms with Gasteiger partial charge in [0.2, 0.25) is 0 Å². The molecule has 1 heteroatoms. The number of hydrogen-bond acceptors (Lipinski definition) is 0. The van der Waals surface area contributed by atoms with E-state index in [9.17, 15) is 0 Å². The summed E-state index contributed by atoms with van der Waals surface area (Å²) in [6.45, 7) is 7.11. The standard InChI is InChI=1S/C7H9.2C2H5.Zr/c1-2-7-5-3-4-6-7;2*1-2;/h3-6H,2H2,1H3;2*1H2,2H3;. The molecule has 12 heavy (non-hydrogen) atoms. The van der Waals surface area contributed by atoms with Gasteiger partial charge in [-0.15, -0.1) is 0 Å². The van der Waals surface area contributed by atoms with Crippen LogP contribution in [0.2, 0.25) is 11.4 Å². The van der Waals surface area contributed by atoms with E-state index in [1.54, 1.807) is 0 Å². The van der Waals surface area contributed by atoms with Crippen molar-refractivity contribution in [3.63, 3.8) is 0 Å². The molecule has 0 fully saturated rings. The van der Waals surface area contributed by atoms with Gasteiger partial charge in [-0.2, -0.15) is 0 Å². The molecule has 1 aliphatic rings. The third-order valence-corrected chi connectivity index (χ3v) is 12.1. The van der Waals surface area contributed by atoms with Crippen LogP contribution in [0, 0.1) is 0 Å². The van der Waals surface area contributed by atoms with Crippen LogP contribution in [-0.4, -0.2) is 0 Å². The average Bonchev–Trinajstić information content (AvgIpc) is 2.56. The van der Waals surface area contributed by atoms with Crippen molar-refractivity contribution in [2.24, 2.45) is 0 Å². The second-order valence-corrected chi connectivity index (χ2v) is 12.2. The maximum absolute atomic E-state index is 2.47. The molecule has 0 bridgehead atoms. The summed E-state index contributed by atoms with van der Waals surface area (Å²) in [5.74, 6) is 0. The molecule has 0 amide bonds. The third kappa shape index (κ3) is 1.82. The van der Waals surface area contributed by atoms with E-state index < -0.39 is 21.8 Å². The Morgan fingerprint density at radius 1 is 1.00 bits per heavy atom. The molecule has 0 saturated heterocycles. The van der Waals surface area contributed by atoms with Gasteiger partial charge in [-0.3, -0.25) is 0 Å². The van der Waals surface area contributed by atoms with E-state index in [4.69, 9.17) is 0 Å². The molecule has 1 aliphatic carbocycles. The van der Waals surface area contributed by atoms with Crippen LogP contribution in [0.15, 0.2) is 24.3 Å². The molecule has 0 aromatic carbocycles. The molecular formula is C11H19Zr. The van der Waals surface area contributed by atoms with Crippen molar-refractivity contribution >= 4 is 0 Å². The van der Waals surface area contributed by atoms with Crippen LogP contribution in [0.25, 0.3) is 0 Å². The van der Waals surface area contributed by atoms with Crippen LogP contribution in [0.4, 0.5) is 0 Å². The monoisotopic (exact) mass is 241 g/mol. The predicted octanol–water partition coefficient (Wildman–Crippen LogP) is 4.18. The Morgan fingerprint density at radius 3 is 1.83 bits per heavy atom. The summed E-state index contributed by atoms with van der Waals surface area (Å²) in [4.78, 5) is 0. The fraction of sp³-hybridized carbons (Fsp3) is 0.636. The second kappa shape index (κ2) is 4.56. The van der Waals surface area contributed by atoms with Gasteiger partial charge in [0.1, 0.15) is 0 Å². The minimum atomic E-state index is -1.13. The van der Waals surface area contributed by atoms with Crippen molar-refractivity contribution < 1.29 is 21.8 Å². The summed E-state index contributed by atoms with van der Waals surface area (Å²) in [5, 5.41) is 0. The van der Waals surface area contributed by atoms with Crippen LogP contribution in [0.3, 0.4) is 0 Å². The van der Waals surface area contributed by atoms with E-state index >= 15 is 0 Å². The molecule has 67 valence electrons. The molecule has 0 aromatic heterocycles. The molecule has 0 N–H and O–H groups in total. The number of hydrogen-bond donors (Lipinski definition) is 0. The van der Waals surface area contributed by atoms with Gasteiger partial charge in [0.05, 0.1) is 0 Å². The van der Waals surface area contributed by atoms with Crippen LogP contribution in [0.1, 0.15) is 27.2 Å². The summed E-state index contributed by atoms with van der Waals surface area (Å²) < 4.78 is 3.56. The molecule has 0 saturated carbocycles. The first-order valence-corrected chi connectivity index (χ1v) is 9.71. The maximum atomic E-state index is 2.47. The first-order valence-electron chi connectivity index (χ1n) is 5.01. The van der Waals surface area contributed by atoms with E-state index in [2.05, 4.69) is 45.1 Å². The molecule has 0 spiro atoms. The van der Waals surface area contributed by atoms with Gasteiger partial charge >= 0.3 is 84.6 Å². The summed E-state index contributed by atoms with van der Waals surface area (Å²) in [6, 6.07) is 0.